The summed E-state index contributed by atoms with van der Waals surface area (Å²) in [5.41, 5.74) is 2.00. The van der Waals surface area contributed by atoms with E-state index in [0.29, 0.717) is 6.42 Å². The Morgan fingerprint density at radius 3 is 2.95 bits per heavy atom. The van der Waals surface area contributed by atoms with Crippen LogP contribution in [0.15, 0.2) is 42.7 Å². The van der Waals surface area contributed by atoms with Crippen LogP contribution in [0.25, 0.3) is 0 Å². The molecule has 1 amide bonds. The normalized spacial score (nSPS) is 18.1. The molecule has 1 atom stereocenters. The van der Waals surface area contributed by atoms with Gasteiger partial charge in [0, 0.05) is 48.6 Å². The molecule has 2 N–H and O–H groups in total. The maximum absolute atomic E-state index is 12.0. The zero-order valence-corrected chi connectivity index (χ0v) is 13.2. The van der Waals surface area contributed by atoms with Crippen molar-refractivity contribution in [2.24, 2.45) is 0 Å². The first-order chi connectivity index (χ1) is 10.8. The molecule has 0 bridgehead atoms. The SMILES string of the molecule is O=C(CC1CSCCN1)Nc1ccc(Cn2cccn2)cc1. The van der Waals surface area contributed by atoms with E-state index in [0.717, 1.165) is 35.8 Å². The molecule has 1 aliphatic heterocycles. The first kappa shape index (κ1) is 15.1. The third-order valence-corrected chi connectivity index (χ3v) is 4.70. The third kappa shape index (κ3) is 4.35. The molecule has 1 aliphatic rings. The summed E-state index contributed by atoms with van der Waals surface area (Å²) < 4.78 is 1.87. The van der Waals surface area contributed by atoms with Gasteiger partial charge in [-0.3, -0.25) is 9.48 Å². The van der Waals surface area contributed by atoms with Gasteiger partial charge < -0.3 is 10.6 Å². The zero-order chi connectivity index (χ0) is 15.2. The van der Waals surface area contributed by atoms with E-state index >= 15 is 0 Å². The van der Waals surface area contributed by atoms with Crippen LogP contribution in [0.4, 0.5) is 5.69 Å². The highest BCUT2D eigenvalue weighted by atomic mass is 32.2. The van der Waals surface area contributed by atoms with Crippen molar-refractivity contribution in [3.8, 4) is 0 Å². The minimum absolute atomic E-state index is 0.0693. The van der Waals surface area contributed by atoms with Crippen LogP contribution >= 0.6 is 11.8 Å². The van der Waals surface area contributed by atoms with Gasteiger partial charge in [0.05, 0.1) is 6.54 Å². The number of thioether (sulfide) groups is 1. The van der Waals surface area contributed by atoms with E-state index in [9.17, 15) is 4.79 Å². The molecule has 0 saturated carbocycles. The summed E-state index contributed by atoms with van der Waals surface area (Å²) in [6, 6.07) is 10.1. The van der Waals surface area contributed by atoms with Gasteiger partial charge in [0.1, 0.15) is 0 Å². The van der Waals surface area contributed by atoms with Crippen LogP contribution in [0.3, 0.4) is 0 Å². The van der Waals surface area contributed by atoms with Crippen molar-refractivity contribution in [2.75, 3.05) is 23.4 Å². The fourth-order valence-corrected chi connectivity index (χ4v) is 3.41. The summed E-state index contributed by atoms with van der Waals surface area (Å²) in [5, 5.41) is 10.5. The number of hydrogen-bond acceptors (Lipinski definition) is 4. The molecular formula is C16H20N4OS. The van der Waals surface area contributed by atoms with Crippen molar-refractivity contribution >= 4 is 23.4 Å². The van der Waals surface area contributed by atoms with Crippen LogP contribution in [0.2, 0.25) is 0 Å². The summed E-state index contributed by atoms with van der Waals surface area (Å²) >= 11 is 1.90. The van der Waals surface area contributed by atoms with E-state index in [4.69, 9.17) is 0 Å². The molecular weight excluding hydrogens is 296 g/mol. The Hall–Kier alpha value is -1.79. The first-order valence-electron chi connectivity index (χ1n) is 7.47. The maximum atomic E-state index is 12.0. The first-order valence-corrected chi connectivity index (χ1v) is 8.62. The molecule has 116 valence electrons. The number of carbonyl (C=O) groups excluding carboxylic acids is 1. The number of nitrogens with zero attached hydrogens (tertiary/aromatic N) is 2. The van der Waals surface area contributed by atoms with Gasteiger partial charge in [0.2, 0.25) is 5.91 Å². The van der Waals surface area contributed by atoms with E-state index in [-0.39, 0.29) is 11.9 Å². The molecule has 1 fully saturated rings. The number of benzene rings is 1. The minimum Gasteiger partial charge on any atom is -0.326 e. The highest BCUT2D eigenvalue weighted by Crippen LogP contribution is 2.13. The Labute approximate surface area is 134 Å². The number of nitrogens with one attached hydrogen (secondary N) is 2. The quantitative estimate of drug-likeness (QED) is 0.885. The second kappa shape index (κ2) is 7.47. The Balaban J connectivity index is 1.50. The number of rotatable bonds is 5. The number of anilines is 1. The highest BCUT2D eigenvalue weighted by Gasteiger charge is 2.16. The van der Waals surface area contributed by atoms with Crippen molar-refractivity contribution in [3.05, 3.63) is 48.3 Å². The van der Waals surface area contributed by atoms with Crippen molar-refractivity contribution in [1.29, 1.82) is 0 Å². The number of aromatic nitrogens is 2. The lowest BCUT2D eigenvalue weighted by Gasteiger charge is -2.22. The zero-order valence-electron chi connectivity index (χ0n) is 12.4. The van der Waals surface area contributed by atoms with Gasteiger partial charge in [-0.2, -0.15) is 16.9 Å². The Kier molecular flexibility index (Phi) is 5.13. The summed E-state index contributed by atoms with van der Waals surface area (Å²) in [6.45, 7) is 1.73. The van der Waals surface area contributed by atoms with Gasteiger partial charge in [-0.25, -0.2) is 0 Å². The summed E-state index contributed by atoms with van der Waals surface area (Å²) in [4.78, 5) is 12.0. The van der Waals surface area contributed by atoms with E-state index in [1.54, 1.807) is 6.20 Å². The lowest BCUT2D eigenvalue weighted by atomic mass is 10.2. The van der Waals surface area contributed by atoms with Crippen molar-refractivity contribution in [1.82, 2.24) is 15.1 Å². The van der Waals surface area contributed by atoms with Crippen LogP contribution in [0.5, 0.6) is 0 Å². The van der Waals surface area contributed by atoms with Gasteiger partial charge in [0.25, 0.3) is 0 Å². The predicted octanol–water partition coefficient (Wildman–Crippen LogP) is 1.96. The number of hydrogen-bond donors (Lipinski definition) is 2. The molecule has 6 heteroatoms. The van der Waals surface area contributed by atoms with Crippen molar-refractivity contribution < 1.29 is 4.79 Å². The van der Waals surface area contributed by atoms with Gasteiger partial charge in [-0.05, 0) is 23.8 Å². The summed E-state index contributed by atoms with van der Waals surface area (Å²) in [6.07, 6.45) is 4.24. The Morgan fingerprint density at radius 2 is 2.27 bits per heavy atom. The molecule has 0 radical (unpaired) electrons. The predicted molar refractivity (Wildman–Crippen MR) is 90.1 cm³/mol. The average molecular weight is 316 g/mol. The number of carbonyl (C=O) groups is 1. The molecule has 1 aromatic heterocycles. The van der Waals surface area contributed by atoms with Gasteiger partial charge in [-0.15, -0.1) is 0 Å². The summed E-state index contributed by atoms with van der Waals surface area (Å²) in [5.74, 6) is 2.21. The molecule has 22 heavy (non-hydrogen) atoms. The molecule has 5 nitrogen and oxygen atoms in total. The monoisotopic (exact) mass is 316 g/mol. The fraction of sp³-hybridized carbons (Fsp3) is 0.375. The van der Waals surface area contributed by atoms with E-state index < -0.39 is 0 Å². The van der Waals surface area contributed by atoms with Crippen LogP contribution in [0.1, 0.15) is 12.0 Å². The molecule has 2 aromatic rings. The third-order valence-electron chi connectivity index (χ3n) is 3.57. The molecule has 0 spiro atoms. The topological polar surface area (TPSA) is 59.0 Å². The molecule has 1 aromatic carbocycles. The smallest absolute Gasteiger partial charge is 0.225 e. The lowest BCUT2D eigenvalue weighted by molar-refractivity contribution is -0.116. The van der Waals surface area contributed by atoms with Gasteiger partial charge >= 0.3 is 0 Å². The van der Waals surface area contributed by atoms with Gasteiger partial charge in [-0.1, -0.05) is 12.1 Å². The van der Waals surface area contributed by atoms with Crippen LogP contribution < -0.4 is 10.6 Å². The standard InChI is InChI=1S/C16H20N4OS/c21-16(10-15-12-22-9-7-17-15)19-14-4-2-13(3-5-14)11-20-8-1-6-18-20/h1-6,8,15,17H,7,9-12H2,(H,19,21). The second-order valence-electron chi connectivity index (χ2n) is 5.38. The van der Waals surface area contributed by atoms with E-state index in [1.165, 1.54) is 0 Å². The molecule has 3 rings (SSSR count). The highest BCUT2D eigenvalue weighted by molar-refractivity contribution is 7.99. The van der Waals surface area contributed by atoms with E-state index in [2.05, 4.69) is 15.7 Å². The maximum Gasteiger partial charge on any atom is 0.225 e. The summed E-state index contributed by atoms with van der Waals surface area (Å²) in [7, 11) is 0. The van der Waals surface area contributed by atoms with Crippen molar-refractivity contribution in [2.45, 2.75) is 19.0 Å². The average Bonchev–Trinajstić information content (AvgIpc) is 3.03. The van der Waals surface area contributed by atoms with E-state index in [1.807, 2.05) is 53.0 Å². The number of amides is 1. The molecule has 0 aliphatic carbocycles. The lowest BCUT2D eigenvalue weighted by Crippen LogP contribution is -2.39. The molecule has 1 unspecified atom stereocenters. The Morgan fingerprint density at radius 1 is 1.41 bits per heavy atom. The van der Waals surface area contributed by atoms with Crippen LogP contribution in [0, 0.1) is 0 Å². The largest absolute Gasteiger partial charge is 0.326 e. The minimum atomic E-state index is 0.0693. The van der Waals surface area contributed by atoms with Gasteiger partial charge in [0.15, 0.2) is 0 Å². The van der Waals surface area contributed by atoms with Crippen LogP contribution in [-0.2, 0) is 11.3 Å². The molecule has 2 heterocycles. The second-order valence-corrected chi connectivity index (χ2v) is 6.53. The molecule has 1 saturated heterocycles. The Bertz CT molecular complexity index is 591. The van der Waals surface area contributed by atoms with Crippen molar-refractivity contribution in [3.63, 3.8) is 0 Å². The van der Waals surface area contributed by atoms with Crippen LogP contribution in [-0.4, -0.2) is 39.8 Å². The fourth-order valence-electron chi connectivity index (χ4n) is 2.46.